The normalized spacial score (nSPS) is 13.0. The van der Waals surface area contributed by atoms with Crippen molar-refractivity contribution in [3.63, 3.8) is 0 Å². The van der Waals surface area contributed by atoms with E-state index in [0.29, 0.717) is 0 Å². The largest absolute Gasteiger partial charge is 0.481 e. The number of rotatable bonds is 8. The van der Waals surface area contributed by atoms with E-state index in [-0.39, 0.29) is 42.9 Å². The van der Waals surface area contributed by atoms with Crippen LogP contribution in [0.3, 0.4) is 0 Å². The van der Waals surface area contributed by atoms with Gasteiger partial charge in [-0.2, -0.15) is 0 Å². The first-order valence-electron chi connectivity index (χ1n) is 10.7. The Morgan fingerprint density at radius 3 is 2.30 bits per heavy atom. The van der Waals surface area contributed by atoms with Crippen LogP contribution in [0, 0.1) is 0 Å². The average Bonchev–Trinajstić information content (AvgIpc) is 3.39. The lowest BCUT2D eigenvalue weighted by molar-refractivity contribution is -0.137. The Morgan fingerprint density at radius 2 is 1.67 bits per heavy atom. The number of nitrogens with one attached hydrogen (secondary N) is 2. The van der Waals surface area contributed by atoms with Crippen LogP contribution in [0.15, 0.2) is 65.3 Å². The lowest BCUT2D eigenvalue weighted by atomic mass is 9.98. The fraction of sp³-hybridized carbons (Fsp3) is 0.240. The summed E-state index contributed by atoms with van der Waals surface area (Å²) in [4.78, 5) is 35.6. The van der Waals surface area contributed by atoms with Crippen molar-refractivity contribution in [3.05, 3.63) is 77.7 Å². The Kier molecular flexibility index (Phi) is 6.44. The van der Waals surface area contributed by atoms with Crippen LogP contribution >= 0.6 is 0 Å². The highest BCUT2D eigenvalue weighted by Crippen LogP contribution is 2.44. The van der Waals surface area contributed by atoms with Crippen LogP contribution in [0.4, 0.5) is 10.5 Å². The summed E-state index contributed by atoms with van der Waals surface area (Å²) in [5.74, 6) is -1.64. The first-order valence-corrected chi connectivity index (χ1v) is 10.7. The molecular weight excluding hydrogens is 424 g/mol. The molecule has 1 heterocycles. The van der Waals surface area contributed by atoms with Crippen molar-refractivity contribution in [2.75, 3.05) is 11.9 Å². The Bertz CT molecular complexity index is 1140. The summed E-state index contributed by atoms with van der Waals surface area (Å²) < 4.78 is 10.7. The number of hydrogen-bond acceptors (Lipinski definition) is 5. The van der Waals surface area contributed by atoms with Crippen LogP contribution in [0.5, 0.6) is 0 Å². The standard InChI is InChI=1S/C25H24N2O6/c1-15(10-11-22(28)29)26-24(30)23-21(12-13-32-23)27-25(31)33-14-20-18-8-4-2-6-16(18)17-7-3-5-9-19(17)20/h2-9,12-13,15,20H,10-11,14H2,1H3,(H,26,30)(H,27,31)(H,28,29). The highest BCUT2D eigenvalue weighted by atomic mass is 16.5. The molecule has 2 aromatic carbocycles. The minimum atomic E-state index is -0.938. The van der Waals surface area contributed by atoms with Crippen LogP contribution in [0.25, 0.3) is 11.1 Å². The molecule has 4 rings (SSSR count). The van der Waals surface area contributed by atoms with E-state index in [2.05, 4.69) is 22.8 Å². The molecule has 0 bridgehead atoms. The second-order valence-corrected chi connectivity index (χ2v) is 7.92. The highest BCUT2D eigenvalue weighted by molar-refractivity contribution is 6.00. The zero-order chi connectivity index (χ0) is 23.4. The van der Waals surface area contributed by atoms with Gasteiger partial charge >= 0.3 is 12.1 Å². The molecule has 170 valence electrons. The molecule has 1 unspecified atom stereocenters. The molecule has 0 saturated carbocycles. The molecule has 8 nitrogen and oxygen atoms in total. The molecule has 1 aliphatic rings. The molecular formula is C25H24N2O6. The third-order valence-electron chi connectivity index (χ3n) is 5.62. The Balaban J connectivity index is 1.38. The van der Waals surface area contributed by atoms with E-state index < -0.39 is 18.0 Å². The lowest BCUT2D eigenvalue weighted by Gasteiger charge is -2.15. The van der Waals surface area contributed by atoms with Crippen molar-refractivity contribution in [2.45, 2.75) is 31.7 Å². The minimum absolute atomic E-state index is 0.0650. The maximum Gasteiger partial charge on any atom is 0.411 e. The number of hydrogen-bond donors (Lipinski definition) is 3. The lowest BCUT2D eigenvalue weighted by Crippen LogP contribution is -2.33. The molecule has 0 saturated heterocycles. The van der Waals surface area contributed by atoms with Crippen LogP contribution in [0.2, 0.25) is 0 Å². The second kappa shape index (κ2) is 9.60. The van der Waals surface area contributed by atoms with Gasteiger partial charge in [-0.1, -0.05) is 48.5 Å². The van der Waals surface area contributed by atoms with E-state index in [4.69, 9.17) is 14.3 Å². The van der Waals surface area contributed by atoms with Crippen molar-refractivity contribution >= 4 is 23.7 Å². The first kappa shape index (κ1) is 22.1. The van der Waals surface area contributed by atoms with E-state index in [1.165, 1.54) is 12.3 Å². The summed E-state index contributed by atoms with van der Waals surface area (Å²) in [5, 5.41) is 14.0. The molecule has 3 N–H and O–H groups in total. The summed E-state index contributed by atoms with van der Waals surface area (Å²) in [5.41, 5.74) is 4.64. The molecule has 0 aliphatic heterocycles. The third kappa shape index (κ3) is 4.90. The van der Waals surface area contributed by atoms with Gasteiger partial charge in [-0.25, -0.2) is 4.79 Å². The van der Waals surface area contributed by atoms with Gasteiger partial charge in [0.05, 0.1) is 12.0 Å². The smallest absolute Gasteiger partial charge is 0.411 e. The zero-order valence-corrected chi connectivity index (χ0v) is 18.0. The van der Waals surface area contributed by atoms with Gasteiger partial charge in [0.2, 0.25) is 5.76 Å². The quantitative estimate of drug-likeness (QED) is 0.463. The molecule has 1 aliphatic carbocycles. The number of carboxylic acid groups (broad SMARTS) is 1. The van der Waals surface area contributed by atoms with Gasteiger partial charge in [-0.05, 0) is 35.6 Å². The van der Waals surface area contributed by atoms with Crippen LogP contribution in [0.1, 0.15) is 47.4 Å². The zero-order valence-electron chi connectivity index (χ0n) is 18.0. The summed E-state index contributed by atoms with van der Waals surface area (Å²) in [6.45, 7) is 1.84. The summed E-state index contributed by atoms with van der Waals surface area (Å²) >= 11 is 0. The van der Waals surface area contributed by atoms with Gasteiger partial charge in [0, 0.05) is 24.4 Å². The molecule has 0 spiro atoms. The number of benzene rings is 2. The summed E-state index contributed by atoms with van der Waals surface area (Å²) in [6, 6.07) is 17.2. The van der Waals surface area contributed by atoms with E-state index in [1.807, 2.05) is 36.4 Å². The van der Waals surface area contributed by atoms with Crippen LogP contribution in [-0.2, 0) is 9.53 Å². The number of ether oxygens (including phenoxy) is 1. The average molecular weight is 448 g/mol. The van der Waals surface area contributed by atoms with Crippen molar-refractivity contribution in [2.24, 2.45) is 0 Å². The van der Waals surface area contributed by atoms with Crippen molar-refractivity contribution in [3.8, 4) is 11.1 Å². The Labute approximate surface area is 190 Å². The molecule has 3 aromatic rings. The van der Waals surface area contributed by atoms with Gasteiger partial charge in [0.1, 0.15) is 6.61 Å². The van der Waals surface area contributed by atoms with Gasteiger partial charge in [0.15, 0.2) is 0 Å². The predicted molar refractivity (Wildman–Crippen MR) is 121 cm³/mol. The minimum Gasteiger partial charge on any atom is -0.481 e. The molecule has 33 heavy (non-hydrogen) atoms. The topological polar surface area (TPSA) is 118 Å². The maximum atomic E-state index is 12.5. The van der Waals surface area contributed by atoms with Crippen molar-refractivity contribution in [1.29, 1.82) is 0 Å². The number of furan rings is 1. The number of carbonyl (C=O) groups is 3. The summed E-state index contributed by atoms with van der Waals surface area (Å²) in [6.07, 6.45) is 0.795. The predicted octanol–water partition coefficient (Wildman–Crippen LogP) is 4.62. The van der Waals surface area contributed by atoms with Gasteiger partial charge < -0.3 is 19.6 Å². The number of anilines is 1. The van der Waals surface area contributed by atoms with Gasteiger partial charge in [0.25, 0.3) is 5.91 Å². The van der Waals surface area contributed by atoms with Crippen molar-refractivity contribution < 1.29 is 28.6 Å². The number of aliphatic carboxylic acids is 1. The highest BCUT2D eigenvalue weighted by Gasteiger charge is 2.29. The Hall–Kier alpha value is -4.07. The first-order chi connectivity index (χ1) is 15.9. The third-order valence-corrected chi connectivity index (χ3v) is 5.62. The molecule has 0 radical (unpaired) electrons. The number of fused-ring (bicyclic) bond motifs is 3. The number of amides is 2. The van der Waals surface area contributed by atoms with E-state index in [9.17, 15) is 14.4 Å². The fourth-order valence-corrected chi connectivity index (χ4v) is 4.03. The molecule has 1 atom stereocenters. The Morgan fingerprint density at radius 1 is 1.03 bits per heavy atom. The van der Waals surface area contributed by atoms with E-state index >= 15 is 0 Å². The molecule has 2 amide bonds. The SMILES string of the molecule is CC(CCC(=O)O)NC(=O)c1occc1NC(=O)OCC1c2ccccc2-c2ccccc21. The summed E-state index contributed by atoms with van der Waals surface area (Å²) in [7, 11) is 0. The number of carbonyl (C=O) groups excluding carboxylic acids is 2. The van der Waals surface area contributed by atoms with Gasteiger partial charge in [-0.15, -0.1) is 0 Å². The molecule has 0 fully saturated rings. The van der Waals surface area contributed by atoms with Gasteiger partial charge in [-0.3, -0.25) is 14.9 Å². The second-order valence-electron chi connectivity index (χ2n) is 7.92. The molecule has 8 heteroatoms. The van der Waals surface area contributed by atoms with Crippen LogP contribution in [-0.4, -0.2) is 35.7 Å². The van der Waals surface area contributed by atoms with Crippen LogP contribution < -0.4 is 10.6 Å². The van der Waals surface area contributed by atoms with E-state index in [1.54, 1.807) is 6.92 Å². The fourth-order valence-electron chi connectivity index (χ4n) is 4.03. The van der Waals surface area contributed by atoms with Crippen molar-refractivity contribution in [1.82, 2.24) is 5.32 Å². The monoisotopic (exact) mass is 448 g/mol. The maximum absolute atomic E-state index is 12.5. The van der Waals surface area contributed by atoms with E-state index in [0.717, 1.165) is 22.3 Å². The molecule has 1 aromatic heterocycles. The number of carboxylic acids is 1.